The fourth-order valence-electron chi connectivity index (χ4n) is 2.03. The Labute approximate surface area is 120 Å². The molecule has 19 heavy (non-hydrogen) atoms. The normalized spacial score (nSPS) is 24.8. The Morgan fingerprint density at radius 2 is 1.84 bits per heavy atom. The number of methoxy groups -OCH3 is 1. The van der Waals surface area contributed by atoms with Crippen molar-refractivity contribution in [1.82, 2.24) is 0 Å². The molecule has 1 aliphatic carbocycles. The second kappa shape index (κ2) is 4.63. The molecule has 2 rings (SSSR count). The van der Waals surface area contributed by atoms with Crippen molar-refractivity contribution in [2.24, 2.45) is 11.1 Å². The van der Waals surface area contributed by atoms with Gasteiger partial charge < -0.3 is 4.74 Å². The lowest BCUT2D eigenvalue weighted by Crippen LogP contribution is -2.11. The summed E-state index contributed by atoms with van der Waals surface area (Å²) in [5.74, 6) is -1.57. The third kappa shape index (κ3) is 2.58. The highest BCUT2D eigenvalue weighted by molar-refractivity contribution is 7.89. The lowest BCUT2D eigenvalue weighted by Gasteiger charge is -2.02. The van der Waals surface area contributed by atoms with Crippen molar-refractivity contribution in [3.8, 4) is 0 Å². The third-order valence-corrected chi connectivity index (χ3v) is 4.95. The van der Waals surface area contributed by atoms with E-state index in [4.69, 9.17) is 28.3 Å². The van der Waals surface area contributed by atoms with E-state index in [0.29, 0.717) is 5.56 Å². The number of benzene rings is 1. The predicted octanol–water partition coefficient (Wildman–Crippen LogP) is 1.39. The lowest BCUT2D eigenvalue weighted by molar-refractivity contribution is -0.142. The van der Waals surface area contributed by atoms with Crippen molar-refractivity contribution in [2.75, 3.05) is 7.11 Å². The zero-order chi connectivity index (χ0) is 14.4. The Bertz CT molecular complexity index is 612. The summed E-state index contributed by atoms with van der Waals surface area (Å²) in [6.07, 6.45) is 0. The van der Waals surface area contributed by atoms with Gasteiger partial charge in [0.2, 0.25) is 10.0 Å². The first-order valence-electron chi connectivity index (χ1n) is 5.28. The van der Waals surface area contributed by atoms with E-state index in [1.165, 1.54) is 31.4 Å². The Balaban J connectivity index is 2.28. The number of carbonyl (C=O) groups excluding carboxylic acids is 1. The highest BCUT2D eigenvalue weighted by atomic mass is 35.5. The Morgan fingerprint density at radius 1 is 1.32 bits per heavy atom. The molecule has 8 heteroatoms. The molecule has 0 heterocycles. The maximum atomic E-state index is 11.5. The van der Waals surface area contributed by atoms with Gasteiger partial charge in [-0.05, 0) is 17.7 Å². The molecule has 2 N–H and O–H groups in total. The number of esters is 1. The summed E-state index contributed by atoms with van der Waals surface area (Å²) >= 11 is 12.1. The molecule has 0 amide bonds. The zero-order valence-electron chi connectivity index (χ0n) is 9.84. The average Bonchev–Trinajstić information content (AvgIpc) is 2.90. The topological polar surface area (TPSA) is 86.5 Å². The number of nitrogens with two attached hydrogens (primary N) is 1. The molecule has 0 saturated heterocycles. The highest BCUT2D eigenvalue weighted by Crippen LogP contribution is 2.65. The number of alkyl halides is 2. The molecule has 0 bridgehead atoms. The molecule has 0 aliphatic heterocycles. The van der Waals surface area contributed by atoms with E-state index in [0.717, 1.165) is 0 Å². The van der Waals surface area contributed by atoms with Gasteiger partial charge in [-0.25, -0.2) is 13.6 Å². The van der Waals surface area contributed by atoms with Gasteiger partial charge in [0.25, 0.3) is 0 Å². The Hall–Kier alpha value is -0.820. The van der Waals surface area contributed by atoms with Crippen LogP contribution in [-0.2, 0) is 19.6 Å². The lowest BCUT2D eigenvalue weighted by atomic mass is 10.1. The van der Waals surface area contributed by atoms with E-state index in [1.54, 1.807) is 0 Å². The summed E-state index contributed by atoms with van der Waals surface area (Å²) in [6, 6.07) is 5.77. The van der Waals surface area contributed by atoms with Gasteiger partial charge in [-0.2, -0.15) is 0 Å². The molecular formula is C11H11Cl2NO4S. The molecule has 1 aliphatic rings. The van der Waals surface area contributed by atoms with E-state index in [2.05, 4.69) is 4.74 Å². The summed E-state index contributed by atoms with van der Waals surface area (Å²) in [5.41, 5.74) is 0.660. The average molecular weight is 324 g/mol. The number of sulfonamides is 1. The number of halogens is 2. The second-order valence-corrected chi connectivity index (χ2v) is 7.27. The van der Waals surface area contributed by atoms with Crippen molar-refractivity contribution >= 4 is 39.2 Å². The minimum absolute atomic E-state index is 0.0127. The zero-order valence-corrected chi connectivity index (χ0v) is 12.2. The van der Waals surface area contributed by atoms with Gasteiger partial charge in [0.05, 0.1) is 12.0 Å². The van der Waals surface area contributed by atoms with E-state index in [9.17, 15) is 13.2 Å². The van der Waals surface area contributed by atoms with Crippen molar-refractivity contribution in [1.29, 1.82) is 0 Å². The number of carbonyl (C=O) groups is 1. The summed E-state index contributed by atoms with van der Waals surface area (Å²) in [4.78, 5) is 11.5. The van der Waals surface area contributed by atoms with Crippen molar-refractivity contribution in [3.05, 3.63) is 29.8 Å². The van der Waals surface area contributed by atoms with E-state index in [-0.39, 0.29) is 4.90 Å². The fraction of sp³-hybridized carbons (Fsp3) is 0.364. The number of rotatable bonds is 3. The minimum Gasteiger partial charge on any atom is -0.469 e. The molecule has 0 spiro atoms. The first-order chi connectivity index (χ1) is 8.69. The van der Waals surface area contributed by atoms with Crippen LogP contribution in [0.25, 0.3) is 0 Å². The molecule has 0 radical (unpaired) electrons. The maximum Gasteiger partial charge on any atom is 0.312 e. The molecular weight excluding hydrogens is 313 g/mol. The Kier molecular flexibility index (Phi) is 3.55. The van der Waals surface area contributed by atoms with Crippen molar-refractivity contribution in [3.63, 3.8) is 0 Å². The second-order valence-electron chi connectivity index (χ2n) is 4.27. The largest absolute Gasteiger partial charge is 0.469 e. The number of hydrogen-bond donors (Lipinski definition) is 1. The van der Waals surface area contributed by atoms with Crippen LogP contribution in [0.1, 0.15) is 11.5 Å². The van der Waals surface area contributed by atoms with E-state index >= 15 is 0 Å². The fourth-order valence-corrected chi connectivity index (χ4v) is 3.35. The molecule has 0 aromatic heterocycles. The van der Waals surface area contributed by atoms with Crippen LogP contribution in [-0.4, -0.2) is 25.8 Å². The summed E-state index contributed by atoms with van der Waals surface area (Å²) in [6.45, 7) is 0. The monoisotopic (exact) mass is 323 g/mol. The summed E-state index contributed by atoms with van der Waals surface area (Å²) in [7, 11) is -2.49. The molecule has 2 atom stereocenters. The SMILES string of the molecule is COC(=O)[C@H]1[C@H](c2ccc(S(N)(=O)=O)cc2)C1(Cl)Cl. The van der Waals surface area contributed by atoms with E-state index < -0.39 is 32.2 Å². The van der Waals surface area contributed by atoms with Gasteiger partial charge in [0.1, 0.15) is 10.3 Å². The first kappa shape index (κ1) is 14.6. The van der Waals surface area contributed by atoms with E-state index in [1.807, 2.05) is 0 Å². The smallest absolute Gasteiger partial charge is 0.312 e. The van der Waals surface area contributed by atoms with Gasteiger partial charge in [0.15, 0.2) is 0 Å². The van der Waals surface area contributed by atoms with Gasteiger partial charge in [-0.15, -0.1) is 0 Å². The van der Waals surface area contributed by atoms with Gasteiger partial charge >= 0.3 is 5.97 Å². The van der Waals surface area contributed by atoms with Crippen LogP contribution in [0.15, 0.2) is 29.2 Å². The molecule has 1 aromatic carbocycles. The first-order valence-corrected chi connectivity index (χ1v) is 7.58. The predicted molar refractivity (Wildman–Crippen MR) is 70.5 cm³/mol. The van der Waals surface area contributed by atoms with Crippen LogP contribution < -0.4 is 5.14 Å². The van der Waals surface area contributed by atoms with Crippen LogP contribution in [0.3, 0.4) is 0 Å². The van der Waals surface area contributed by atoms with Crippen LogP contribution >= 0.6 is 23.2 Å². The standard InChI is InChI=1S/C11H11Cl2NO4S/c1-18-10(15)9-8(11(9,12)13)6-2-4-7(5-3-6)19(14,16)17/h2-5,8-9H,1H3,(H2,14,16,17)/t8-,9+/m0/s1. The molecule has 104 valence electrons. The third-order valence-electron chi connectivity index (χ3n) is 3.08. The Morgan fingerprint density at radius 3 is 2.26 bits per heavy atom. The van der Waals surface area contributed by atoms with Gasteiger partial charge in [0, 0.05) is 5.92 Å². The molecule has 5 nitrogen and oxygen atoms in total. The molecule has 1 fully saturated rings. The minimum atomic E-state index is -3.75. The highest BCUT2D eigenvalue weighted by Gasteiger charge is 2.68. The van der Waals surface area contributed by atoms with Crippen molar-refractivity contribution in [2.45, 2.75) is 15.1 Å². The number of ether oxygens (including phenoxy) is 1. The van der Waals surface area contributed by atoms with Gasteiger partial charge in [-0.3, -0.25) is 4.79 Å². The quantitative estimate of drug-likeness (QED) is 0.672. The number of primary sulfonamides is 1. The van der Waals surface area contributed by atoms with Crippen LogP contribution in [0.4, 0.5) is 0 Å². The van der Waals surface area contributed by atoms with Crippen molar-refractivity contribution < 1.29 is 17.9 Å². The number of hydrogen-bond acceptors (Lipinski definition) is 4. The summed E-state index contributed by atoms with van der Waals surface area (Å²) < 4.78 is 25.6. The molecule has 1 aromatic rings. The molecule has 0 unspecified atom stereocenters. The molecule has 1 saturated carbocycles. The van der Waals surface area contributed by atoms with Gasteiger partial charge in [-0.1, -0.05) is 35.3 Å². The maximum absolute atomic E-state index is 11.5. The summed E-state index contributed by atoms with van der Waals surface area (Å²) in [5, 5.41) is 4.99. The van der Waals surface area contributed by atoms with Crippen LogP contribution in [0.2, 0.25) is 0 Å². The van der Waals surface area contributed by atoms with Crippen LogP contribution in [0.5, 0.6) is 0 Å². The van der Waals surface area contributed by atoms with Crippen LogP contribution in [0, 0.1) is 5.92 Å².